The second kappa shape index (κ2) is 11.0. The molecule has 0 bridgehead atoms. The average molecular weight is 410 g/mol. The highest BCUT2D eigenvalue weighted by molar-refractivity contribution is 5.74. The predicted octanol–water partition coefficient (Wildman–Crippen LogP) is 3.99. The summed E-state index contributed by atoms with van der Waals surface area (Å²) in [6.45, 7) is 1.75. The lowest BCUT2D eigenvalue weighted by Crippen LogP contribution is -2.32. The molecule has 2 heterocycles. The van der Waals surface area contributed by atoms with Gasteiger partial charge in [0.15, 0.2) is 0 Å². The monoisotopic (exact) mass is 409 g/mol. The Balaban J connectivity index is 0.00000160. The van der Waals surface area contributed by atoms with E-state index in [1.54, 1.807) is 0 Å². The van der Waals surface area contributed by atoms with Crippen molar-refractivity contribution in [1.82, 2.24) is 19.9 Å². The first-order valence-corrected chi connectivity index (χ1v) is 9.88. The Labute approximate surface area is 179 Å². The summed E-state index contributed by atoms with van der Waals surface area (Å²) in [5, 5.41) is 9.49. The van der Waals surface area contributed by atoms with Gasteiger partial charge >= 0.3 is 0 Å². The average Bonchev–Trinajstić information content (AvgIpc) is 3.15. The van der Waals surface area contributed by atoms with Crippen LogP contribution in [0.2, 0.25) is 0 Å². The molecule has 162 valence electrons. The number of nitrogens with one attached hydrogen (secondary N) is 1. The van der Waals surface area contributed by atoms with Gasteiger partial charge in [0, 0.05) is 19.3 Å². The maximum absolute atomic E-state index is 9.49. The molecule has 0 saturated carbocycles. The van der Waals surface area contributed by atoms with Crippen LogP contribution in [0.3, 0.4) is 0 Å². The number of aryl methyl sites for hydroxylation is 1. The molecular formula is C24H35N5O. The van der Waals surface area contributed by atoms with E-state index >= 15 is 0 Å². The maximum Gasteiger partial charge on any atom is 0.121 e. The summed E-state index contributed by atoms with van der Waals surface area (Å²) < 4.78 is 0. The van der Waals surface area contributed by atoms with Crippen LogP contribution in [0, 0.1) is 0 Å². The molecule has 2 aromatic heterocycles. The fraction of sp³-hybridized carbons (Fsp3) is 0.417. The summed E-state index contributed by atoms with van der Waals surface area (Å²) in [5.41, 5.74) is 11.1. The van der Waals surface area contributed by atoms with Crippen LogP contribution < -0.4 is 5.73 Å². The summed E-state index contributed by atoms with van der Waals surface area (Å²) in [6.07, 6.45) is 7.21. The van der Waals surface area contributed by atoms with Gasteiger partial charge in [0.05, 0.1) is 35.9 Å². The van der Waals surface area contributed by atoms with Crippen LogP contribution >= 0.6 is 0 Å². The number of H-pyrrole nitrogens is 1. The Morgan fingerprint density at radius 1 is 1.23 bits per heavy atom. The Hall–Kier alpha value is -2.54. The lowest BCUT2D eigenvalue weighted by Gasteiger charge is -2.34. The molecule has 6 nitrogen and oxygen atoms in total. The summed E-state index contributed by atoms with van der Waals surface area (Å²) in [5.74, 6) is 0.941. The van der Waals surface area contributed by atoms with E-state index in [9.17, 15) is 5.11 Å². The van der Waals surface area contributed by atoms with Gasteiger partial charge in [-0.2, -0.15) is 0 Å². The Bertz CT molecular complexity index is 926. The molecule has 6 heteroatoms. The number of nitrogens with two attached hydrogens (primary N) is 1. The van der Waals surface area contributed by atoms with Crippen LogP contribution in [-0.4, -0.2) is 44.7 Å². The minimum absolute atomic E-state index is 0. The second-order valence-corrected chi connectivity index (χ2v) is 7.31. The largest absolute Gasteiger partial charge is 0.392 e. The van der Waals surface area contributed by atoms with E-state index in [2.05, 4.69) is 16.0 Å². The van der Waals surface area contributed by atoms with Crippen molar-refractivity contribution >= 4 is 11.0 Å². The van der Waals surface area contributed by atoms with Gasteiger partial charge in [0.25, 0.3) is 0 Å². The number of aromatic amines is 1. The van der Waals surface area contributed by atoms with Crippen LogP contribution in [-0.2, 0) is 13.0 Å². The van der Waals surface area contributed by atoms with Gasteiger partial charge in [-0.25, -0.2) is 4.98 Å². The standard InChI is InChI=1S/C22H27N5O.2CH4/c23-13-16(15-28)10-12-27(14-21-25-18-7-1-2-8-19(18)26-21)20-9-3-5-17-6-4-11-24-22(17)20;;/h1-2,4,6-8,10-11,20,28H,3,5,9,12-15,23H2,(H,25,26);2*1H4/b16-10-;;. The molecule has 3 aromatic rings. The number of pyridine rings is 1. The fourth-order valence-corrected chi connectivity index (χ4v) is 3.97. The van der Waals surface area contributed by atoms with Crippen molar-refractivity contribution in [2.75, 3.05) is 19.7 Å². The number of hydrogen-bond acceptors (Lipinski definition) is 5. The number of aliphatic hydroxyl groups excluding tert-OH is 1. The number of hydrogen-bond donors (Lipinski definition) is 3. The van der Waals surface area contributed by atoms with E-state index in [1.807, 2.05) is 42.6 Å². The zero-order chi connectivity index (χ0) is 19.3. The number of nitrogens with zero attached hydrogens (tertiary/aromatic N) is 3. The third-order valence-corrected chi connectivity index (χ3v) is 5.48. The number of imidazole rings is 1. The highest BCUT2D eigenvalue weighted by Crippen LogP contribution is 2.33. The minimum atomic E-state index is -0.00547. The molecule has 4 N–H and O–H groups in total. The molecule has 0 fully saturated rings. The summed E-state index contributed by atoms with van der Waals surface area (Å²) in [7, 11) is 0. The lowest BCUT2D eigenvalue weighted by molar-refractivity contribution is 0.180. The molecule has 30 heavy (non-hydrogen) atoms. The normalized spacial score (nSPS) is 16.1. The smallest absolute Gasteiger partial charge is 0.121 e. The van der Waals surface area contributed by atoms with Crippen molar-refractivity contribution in [3.8, 4) is 0 Å². The van der Waals surface area contributed by atoms with Gasteiger partial charge in [-0.15, -0.1) is 0 Å². The topological polar surface area (TPSA) is 91.1 Å². The van der Waals surface area contributed by atoms with Gasteiger partial charge in [-0.1, -0.05) is 39.1 Å². The van der Waals surface area contributed by atoms with E-state index in [1.165, 1.54) is 5.56 Å². The molecule has 1 atom stereocenters. The quantitative estimate of drug-likeness (QED) is 0.513. The Morgan fingerprint density at radius 2 is 2.07 bits per heavy atom. The summed E-state index contributed by atoms with van der Waals surface area (Å²) in [4.78, 5) is 15.3. The van der Waals surface area contributed by atoms with E-state index in [4.69, 9.17) is 15.7 Å². The van der Waals surface area contributed by atoms with Gasteiger partial charge in [0.1, 0.15) is 5.82 Å². The summed E-state index contributed by atoms with van der Waals surface area (Å²) >= 11 is 0. The minimum Gasteiger partial charge on any atom is -0.392 e. The maximum atomic E-state index is 9.49. The predicted molar refractivity (Wildman–Crippen MR) is 124 cm³/mol. The van der Waals surface area contributed by atoms with Crippen molar-refractivity contribution in [1.29, 1.82) is 0 Å². The van der Waals surface area contributed by atoms with E-state index in [0.29, 0.717) is 19.6 Å². The molecule has 4 rings (SSSR count). The van der Waals surface area contributed by atoms with Crippen molar-refractivity contribution in [3.63, 3.8) is 0 Å². The number of para-hydroxylation sites is 2. The van der Waals surface area contributed by atoms with E-state index in [-0.39, 0.29) is 27.5 Å². The fourth-order valence-electron chi connectivity index (χ4n) is 3.97. The van der Waals surface area contributed by atoms with Gasteiger partial charge in [-0.3, -0.25) is 9.88 Å². The number of benzene rings is 1. The van der Waals surface area contributed by atoms with Crippen LogP contribution in [0.4, 0.5) is 0 Å². The first kappa shape index (κ1) is 23.7. The highest BCUT2D eigenvalue weighted by Gasteiger charge is 2.27. The number of aromatic nitrogens is 3. The van der Waals surface area contributed by atoms with Crippen LogP contribution in [0.25, 0.3) is 11.0 Å². The first-order chi connectivity index (χ1) is 13.8. The SMILES string of the molecule is C.C.NC/C(=C/CN(Cc1nc2ccccc2[nH]1)C1CCCc2cccnc21)CO. The Kier molecular flexibility index (Phi) is 8.72. The van der Waals surface area contributed by atoms with Gasteiger partial charge < -0.3 is 15.8 Å². The number of fused-ring (bicyclic) bond motifs is 2. The molecule has 0 amide bonds. The van der Waals surface area contributed by atoms with Crippen LogP contribution in [0.15, 0.2) is 54.2 Å². The van der Waals surface area contributed by atoms with Gasteiger partial charge in [-0.05, 0) is 48.6 Å². The summed E-state index contributed by atoms with van der Waals surface area (Å²) in [6, 6.07) is 12.5. The van der Waals surface area contributed by atoms with Crippen LogP contribution in [0.5, 0.6) is 0 Å². The molecule has 0 aliphatic heterocycles. The molecule has 0 saturated heterocycles. The molecule has 0 radical (unpaired) electrons. The molecule has 1 unspecified atom stereocenters. The zero-order valence-electron chi connectivity index (χ0n) is 16.0. The molecular weight excluding hydrogens is 374 g/mol. The number of aliphatic hydroxyl groups is 1. The lowest BCUT2D eigenvalue weighted by atomic mass is 9.90. The third-order valence-electron chi connectivity index (χ3n) is 5.48. The van der Waals surface area contributed by atoms with Crippen molar-refractivity contribution in [2.24, 2.45) is 5.73 Å². The molecule has 1 aliphatic rings. The van der Waals surface area contributed by atoms with Crippen molar-refractivity contribution < 1.29 is 5.11 Å². The molecule has 0 spiro atoms. The van der Waals surface area contributed by atoms with E-state index < -0.39 is 0 Å². The second-order valence-electron chi connectivity index (χ2n) is 7.31. The van der Waals surface area contributed by atoms with Crippen molar-refractivity contribution in [2.45, 2.75) is 46.7 Å². The zero-order valence-corrected chi connectivity index (χ0v) is 16.0. The van der Waals surface area contributed by atoms with Crippen molar-refractivity contribution in [3.05, 3.63) is 71.3 Å². The number of rotatable bonds is 7. The van der Waals surface area contributed by atoms with E-state index in [0.717, 1.165) is 47.4 Å². The molecule has 1 aromatic carbocycles. The Morgan fingerprint density at radius 3 is 2.83 bits per heavy atom. The first-order valence-electron chi connectivity index (χ1n) is 9.88. The van der Waals surface area contributed by atoms with Gasteiger partial charge in [0.2, 0.25) is 0 Å². The highest BCUT2D eigenvalue weighted by atomic mass is 16.3. The van der Waals surface area contributed by atoms with Crippen LogP contribution in [0.1, 0.15) is 50.8 Å². The molecule has 1 aliphatic carbocycles. The third kappa shape index (κ3) is 5.14.